The van der Waals surface area contributed by atoms with Crippen LogP contribution in [0.25, 0.3) is 0 Å². The predicted octanol–water partition coefficient (Wildman–Crippen LogP) is 4.32. The minimum Gasteiger partial charge on any atom is -0.493 e. The first-order chi connectivity index (χ1) is 13.3. The number of alkyl halides is 2. The Kier molecular flexibility index (Phi) is 7.51. The van der Waals surface area contributed by atoms with Gasteiger partial charge in [-0.25, -0.2) is 0 Å². The van der Waals surface area contributed by atoms with E-state index in [9.17, 15) is 8.78 Å². The summed E-state index contributed by atoms with van der Waals surface area (Å²) in [5, 5.41) is 7.34. The van der Waals surface area contributed by atoms with Crippen molar-refractivity contribution in [3.8, 4) is 17.2 Å². The molecule has 0 spiro atoms. The molecule has 2 rings (SSSR count). The van der Waals surface area contributed by atoms with Crippen molar-refractivity contribution in [2.45, 2.75) is 20.5 Å². The minimum absolute atomic E-state index is 0.0439. The van der Waals surface area contributed by atoms with Crippen molar-refractivity contribution < 1.29 is 23.0 Å². The molecule has 0 saturated carbocycles. The Morgan fingerprint density at radius 1 is 1.04 bits per heavy atom. The number of aryl methyl sites for hydroxylation is 1. The molecule has 2 aromatic rings. The molecule has 150 valence electrons. The van der Waals surface area contributed by atoms with Crippen molar-refractivity contribution in [3.63, 3.8) is 0 Å². The van der Waals surface area contributed by atoms with E-state index in [2.05, 4.69) is 20.6 Å². The molecule has 0 atom stereocenters. The molecule has 28 heavy (non-hydrogen) atoms. The maximum atomic E-state index is 12.6. The van der Waals surface area contributed by atoms with E-state index in [1.54, 1.807) is 44.4 Å². The lowest BCUT2D eigenvalue weighted by atomic mass is 10.1. The van der Waals surface area contributed by atoms with Crippen LogP contribution in [0, 0.1) is 6.92 Å². The number of anilines is 1. The highest BCUT2D eigenvalue weighted by Gasteiger charge is 2.12. The van der Waals surface area contributed by atoms with Gasteiger partial charge in [0.05, 0.1) is 19.9 Å². The van der Waals surface area contributed by atoms with Crippen molar-refractivity contribution in [2.24, 2.45) is 5.10 Å². The van der Waals surface area contributed by atoms with Crippen molar-refractivity contribution in [1.29, 1.82) is 0 Å². The van der Waals surface area contributed by atoms with Crippen LogP contribution >= 0.6 is 12.2 Å². The summed E-state index contributed by atoms with van der Waals surface area (Å²) in [5.41, 5.74) is 5.13. The van der Waals surface area contributed by atoms with Gasteiger partial charge in [-0.15, -0.1) is 0 Å². The summed E-state index contributed by atoms with van der Waals surface area (Å²) in [6.07, 6.45) is 0. The standard InChI is InChI=1S/C19H21F2N3O3S/c1-11-5-7-15(27-18(20)21)14(9-11)12(2)23-24-19(28)22-13-6-8-16(25-3)17(10-13)26-4/h5-10,18H,1-4H3,(H2,22,24,28)/b23-12-. The molecule has 0 saturated heterocycles. The fourth-order valence-electron chi connectivity index (χ4n) is 2.39. The SMILES string of the molecule is COc1ccc(NC(=S)N/N=C(/C)c2cc(C)ccc2OC(F)F)cc1OC. The van der Waals surface area contributed by atoms with Gasteiger partial charge in [-0.05, 0) is 50.3 Å². The average Bonchev–Trinajstić information content (AvgIpc) is 2.67. The number of hydrazone groups is 1. The topological polar surface area (TPSA) is 64.1 Å². The number of nitrogens with zero attached hydrogens (tertiary/aromatic N) is 1. The van der Waals surface area contributed by atoms with Crippen LogP contribution in [0.5, 0.6) is 17.2 Å². The number of ether oxygens (including phenoxy) is 3. The Bertz CT molecular complexity index is 875. The quantitative estimate of drug-likeness (QED) is 0.403. The molecular weight excluding hydrogens is 388 g/mol. The summed E-state index contributed by atoms with van der Waals surface area (Å²) in [7, 11) is 3.08. The summed E-state index contributed by atoms with van der Waals surface area (Å²) >= 11 is 5.22. The first-order valence-electron chi connectivity index (χ1n) is 8.23. The van der Waals surface area contributed by atoms with Gasteiger partial charge in [0.25, 0.3) is 0 Å². The summed E-state index contributed by atoms with van der Waals surface area (Å²) in [6.45, 7) is 0.591. The molecule has 0 fully saturated rings. The normalized spacial score (nSPS) is 11.2. The van der Waals surface area contributed by atoms with Crippen LogP contribution in [0.4, 0.5) is 14.5 Å². The Labute approximate surface area is 167 Å². The molecule has 0 aromatic heterocycles. The Morgan fingerprint density at radius 2 is 1.71 bits per heavy atom. The molecule has 0 amide bonds. The summed E-state index contributed by atoms with van der Waals surface area (Å²) < 4.78 is 40.2. The van der Waals surface area contributed by atoms with Gasteiger partial charge in [0.15, 0.2) is 16.6 Å². The van der Waals surface area contributed by atoms with E-state index in [1.807, 2.05) is 6.92 Å². The van der Waals surface area contributed by atoms with Crippen LogP contribution < -0.4 is 25.0 Å². The molecular formula is C19H21F2N3O3S. The Morgan fingerprint density at radius 3 is 2.36 bits per heavy atom. The van der Waals surface area contributed by atoms with Gasteiger partial charge in [-0.3, -0.25) is 5.43 Å². The van der Waals surface area contributed by atoms with Crippen LogP contribution in [0.3, 0.4) is 0 Å². The zero-order chi connectivity index (χ0) is 20.7. The number of methoxy groups -OCH3 is 2. The zero-order valence-electron chi connectivity index (χ0n) is 15.9. The molecule has 0 bridgehead atoms. The largest absolute Gasteiger partial charge is 0.493 e. The van der Waals surface area contributed by atoms with Crippen molar-refractivity contribution >= 4 is 28.7 Å². The number of nitrogens with one attached hydrogen (secondary N) is 2. The van der Waals surface area contributed by atoms with Crippen LogP contribution in [-0.4, -0.2) is 31.7 Å². The number of hydrogen-bond acceptors (Lipinski definition) is 5. The third-order valence-electron chi connectivity index (χ3n) is 3.71. The van der Waals surface area contributed by atoms with Crippen molar-refractivity contribution in [1.82, 2.24) is 5.43 Å². The molecule has 0 aliphatic carbocycles. The van der Waals surface area contributed by atoms with Crippen LogP contribution in [0.1, 0.15) is 18.1 Å². The second-order valence-electron chi connectivity index (χ2n) is 5.71. The third-order valence-corrected chi connectivity index (χ3v) is 3.90. The highest BCUT2D eigenvalue weighted by Crippen LogP contribution is 2.29. The zero-order valence-corrected chi connectivity index (χ0v) is 16.7. The summed E-state index contributed by atoms with van der Waals surface area (Å²) in [4.78, 5) is 0. The van der Waals surface area contributed by atoms with E-state index >= 15 is 0 Å². The second-order valence-corrected chi connectivity index (χ2v) is 6.12. The maximum absolute atomic E-state index is 12.6. The fourth-order valence-corrected chi connectivity index (χ4v) is 2.56. The third kappa shape index (κ3) is 5.78. The summed E-state index contributed by atoms with van der Waals surface area (Å²) in [6, 6.07) is 10.1. The van der Waals surface area contributed by atoms with Gasteiger partial charge >= 0.3 is 6.61 Å². The summed E-state index contributed by atoms with van der Waals surface area (Å²) in [5.74, 6) is 1.18. The lowest BCUT2D eigenvalue weighted by Crippen LogP contribution is -2.25. The number of rotatable bonds is 7. The number of benzene rings is 2. The molecule has 0 aliphatic heterocycles. The van der Waals surface area contributed by atoms with Gasteiger partial charge in [-0.2, -0.15) is 13.9 Å². The monoisotopic (exact) mass is 409 g/mol. The van der Waals surface area contributed by atoms with Crippen LogP contribution in [-0.2, 0) is 0 Å². The lowest BCUT2D eigenvalue weighted by Gasteiger charge is -2.13. The molecule has 0 heterocycles. The first-order valence-corrected chi connectivity index (χ1v) is 8.64. The van der Waals surface area contributed by atoms with Gasteiger partial charge in [0, 0.05) is 17.3 Å². The second kappa shape index (κ2) is 9.84. The lowest BCUT2D eigenvalue weighted by molar-refractivity contribution is -0.0499. The smallest absolute Gasteiger partial charge is 0.387 e. The molecule has 6 nitrogen and oxygen atoms in total. The van der Waals surface area contributed by atoms with Gasteiger partial charge in [0.2, 0.25) is 0 Å². The first kappa shape index (κ1) is 21.4. The van der Waals surface area contributed by atoms with E-state index < -0.39 is 6.61 Å². The van der Waals surface area contributed by atoms with E-state index in [0.717, 1.165) is 5.56 Å². The maximum Gasteiger partial charge on any atom is 0.387 e. The van der Waals surface area contributed by atoms with Crippen molar-refractivity contribution in [3.05, 3.63) is 47.5 Å². The van der Waals surface area contributed by atoms with Gasteiger partial charge < -0.3 is 19.5 Å². The molecule has 0 aliphatic rings. The molecule has 0 unspecified atom stereocenters. The van der Waals surface area contributed by atoms with E-state index in [1.165, 1.54) is 13.2 Å². The highest BCUT2D eigenvalue weighted by molar-refractivity contribution is 7.80. The molecule has 2 N–H and O–H groups in total. The molecule has 9 heteroatoms. The van der Waals surface area contributed by atoms with E-state index in [0.29, 0.717) is 28.5 Å². The van der Waals surface area contributed by atoms with E-state index in [-0.39, 0.29) is 10.9 Å². The van der Waals surface area contributed by atoms with Gasteiger partial charge in [0.1, 0.15) is 5.75 Å². The number of thiocarbonyl (C=S) groups is 1. The number of hydrogen-bond donors (Lipinski definition) is 2. The van der Waals surface area contributed by atoms with Gasteiger partial charge in [-0.1, -0.05) is 11.6 Å². The molecule has 2 aromatic carbocycles. The van der Waals surface area contributed by atoms with Crippen LogP contribution in [0.15, 0.2) is 41.5 Å². The number of halogens is 2. The molecule has 0 radical (unpaired) electrons. The van der Waals surface area contributed by atoms with E-state index in [4.69, 9.17) is 21.7 Å². The Balaban J connectivity index is 2.11. The minimum atomic E-state index is -2.92. The van der Waals surface area contributed by atoms with Crippen molar-refractivity contribution in [2.75, 3.05) is 19.5 Å². The van der Waals surface area contributed by atoms with Crippen LogP contribution in [0.2, 0.25) is 0 Å². The predicted molar refractivity (Wildman–Crippen MR) is 109 cm³/mol. The Hall–Kier alpha value is -2.94. The highest BCUT2D eigenvalue weighted by atomic mass is 32.1. The average molecular weight is 409 g/mol. The fraction of sp³-hybridized carbons (Fsp3) is 0.263.